The second-order valence-electron chi connectivity index (χ2n) is 5.98. The molecule has 1 N–H and O–H groups in total. The lowest BCUT2D eigenvalue weighted by Gasteiger charge is -2.33. The summed E-state index contributed by atoms with van der Waals surface area (Å²) in [4.78, 5) is 13.4. The number of hydrogen-bond acceptors (Lipinski definition) is 2. The molecule has 1 saturated carbocycles. The van der Waals surface area contributed by atoms with Crippen molar-refractivity contribution >= 4 is 5.91 Å². The van der Waals surface area contributed by atoms with Gasteiger partial charge in [0.1, 0.15) is 0 Å². The Balaban J connectivity index is 2.33. The quantitative estimate of drug-likeness (QED) is 0.817. The van der Waals surface area contributed by atoms with Crippen molar-refractivity contribution in [1.82, 2.24) is 10.2 Å². The second-order valence-corrected chi connectivity index (χ2v) is 5.98. The van der Waals surface area contributed by atoms with Crippen LogP contribution in [0.2, 0.25) is 0 Å². The maximum absolute atomic E-state index is 11.8. The summed E-state index contributed by atoms with van der Waals surface area (Å²) in [5.41, 5.74) is 0. The smallest absolute Gasteiger partial charge is 0.238 e. The summed E-state index contributed by atoms with van der Waals surface area (Å²) in [7, 11) is 3.63. The second kappa shape index (κ2) is 6.39. The third-order valence-corrected chi connectivity index (χ3v) is 4.01. The van der Waals surface area contributed by atoms with Crippen LogP contribution in [0.15, 0.2) is 0 Å². The Bertz CT molecular complexity index is 243. The summed E-state index contributed by atoms with van der Waals surface area (Å²) in [6.07, 6.45) is 5.04. The zero-order valence-electron chi connectivity index (χ0n) is 12.0. The summed E-state index contributed by atoms with van der Waals surface area (Å²) < 4.78 is 0. The molecule has 0 aromatic heterocycles. The van der Waals surface area contributed by atoms with Crippen LogP contribution in [0.5, 0.6) is 0 Å². The van der Waals surface area contributed by atoms with E-state index in [4.69, 9.17) is 0 Å². The van der Waals surface area contributed by atoms with Gasteiger partial charge >= 0.3 is 0 Å². The molecule has 0 radical (unpaired) electrons. The highest BCUT2D eigenvalue weighted by molar-refractivity contribution is 5.80. The molecule has 1 aliphatic rings. The first-order valence-corrected chi connectivity index (χ1v) is 6.89. The minimum atomic E-state index is -0.0504. The van der Waals surface area contributed by atoms with Crippen molar-refractivity contribution in [2.45, 2.75) is 58.5 Å². The van der Waals surface area contributed by atoms with Crippen LogP contribution in [0.4, 0.5) is 0 Å². The van der Waals surface area contributed by atoms with Gasteiger partial charge in [-0.15, -0.1) is 0 Å². The lowest BCUT2D eigenvalue weighted by Crippen LogP contribution is -2.47. The normalized spacial score (nSPS) is 26.9. The maximum atomic E-state index is 11.8. The Labute approximate surface area is 106 Å². The topological polar surface area (TPSA) is 32.3 Å². The van der Waals surface area contributed by atoms with Gasteiger partial charge in [-0.2, -0.15) is 0 Å². The van der Waals surface area contributed by atoms with Crippen molar-refractivity contribution < 1.29 is 4.79 Å². The van der Waals surface area contributed by atoms with E-state index in [2.05, 4.69) is 19.2 Å². The van der Waals surface area contributed by atoms with Crippen LogP contribution in [-0.4, -0.2) is 37.0 Å². The summed E-state index contributed by atoms with van der Waals surface area (Å²) in [6, 6.07) is 0.481. The van der Waals surface area contributed by atoms with Gasteiger partial charge in [0.2, 0.25) is 5.91 Å². The molecule has 0 bridgehead atoms. The largest absolute Gasteiger partial charge is 0.347 e. The first-order valence-electron chi connectivity index (χ1n) is 6.89. The number of carbonyl (C=O) groups excluding carboxylic acids is 1. The van der Waals surface area contributed by atoms with Gasteiger partial charge in [-0.05, 0) is 44.4 Å². The van der Waals surface area contributed by atoms with Crippen LogP contribution in [0, 0.1) is 11.8 Å². The average Bonchev–Trinajstić information content (AvgIpc) is 2.28. The van der Waals surface area contributed by atoms with E-state index in [0.717, 1.165) is 11.8 Å². The Hall–Kier alpha value is -0.570. The van der Waals surface area contributed by atoms with Gasteiger partial charge in [-0.3, -0.25) is 4.79 Å². The Morgan fingerprint density at radius 1 is 1.12 bits per heavy atom. The number of amides is 1. The van der Waals surface area contributed by atoms with Crippen molar-refractivity contribution in [1.29, 1.82) is 0 Å². The Kier molecular flexibility index (Phi) is 5.44. The predicted molar refractivity (Wildman–Crippen MR) is 71.9 cm³/mol. The third kappa shape index (κ3) is 4.30. The minimum Gasteiger partial charge on any atom is -0.347 e. The monoisotopic (exact) mass is 240 g/mol. The molecule has 1 unspecified atom stereocenters. The first-order chi connectivity index (χ1) is 7.91. The van der Waals surface area contributed by atoms with E-state index in [1.807, 2.05) is 21.0 Å². The van der Waals surface area contributed by atoms with E-state index in [0.29, 0.717) is 6.04 Å². The van der Waals surface area contributed by atoms with Gasteiger partial charge in [-0.25, -0.2) is 0 Å². The summed E-state index contributed by atoms with van der Waals surface area (Å²) in [5, 5.41) is 3.47. The number of nitrogens with zero attached hydrogens (tertiary/aromatic N) is 1. The highest BCUT2D eigenvalue weighted by Gasteiger charge is 2.25. The van der Waals surface area contributed by atoms with E-state index < -0.39 is 0 Å². The minimum absolute atomic E-state index is 0.0504. The SMILES string of the molecule is CC(NC1CCC(C(C)C)CC1)C(=O)N(C)C. The summed E-state index contributed by atoms with van der Waals surface area (Å²) in [6.45, 7) is 6.60. The first kappa shape index (κ1) is 14.5. The zero-order chi connectivity index (χ0) is 13.0. The van der Waals surface area contributed by atoms with Crippen molar-refractivity contribution in [3.05, 3.63) is 0 Å². The molecule has 3 heteroatoms. The molecule has 17 heavy (non-hydrogen) atoms. The highest BCUT2D eigenvalue weighted by Crippen LogP contribution is 2.29. The molecule has 1 atom stereocenters. The van der Waals surface area contributed by atoms with Crippen LogP contribution in [-0.2, 0) is 4.79 Å². The molecule has 1 rings (SSSR count). The average molecular weight is 240 g/mol. The van der Waals surface area contributed by atoms with Crippen LogP contribution < -0.4 is 5.32 Å². The van der Waals surface area contributed by atoms with Crippen LogP contribution in [0.3, 0.4) is 0 Å². The molecule has 0 aromatic rings. The van der Waals surface area contributed by atoms with E-state index >= 15 is 0 Å². The number of nitrogens with one attached hydrogen (secondary N) is 1. The van der Waals surface area contributed by atoms with E-state index in [-0.39, 0.29) is 11.9 Å². The van der Waals surface area contributed by atoms with Crippen LogP contribution in [0.1, 0.15) is 46.5 Å². The highest BCUT2D eigenvalue weighted by atomic mass is 16.2. The zero-order valence-corrected chi connectivity index (χ0v) is 12.0. The van der Waals surface area contributed by atoms with Gasteiger partial charge < -0.3 is 10.2 Å². The van der Waals surface area contributed by atoms with E-state index in [1.165, 1.54) is 25.7 Å². The molecule has 1 aliphatic carbocycles. The van der Waals surface area contributed by atoms with Gasteiger partial charge in [0.15, 0.2) is 0 Å². The van der Waals surface area contributed by atoms with Crippen LogP contribution >= 0.6 is 0 Å². The van der Waals surface area contributed by atoms with Crippen molar-refractivity contribution in [2.75, 3.05) is 14.1 Å². The molecule has 0 aromatic carbocycles. The van der Waals surface area contributed by atoms with Crippen molar-refractivity contribution in [3.63, 3.8) is 0 Å². The fourth-order valence-electron chi connectivity index (χ4n) is 2.76. The van der Waals surface area contributed by atoms with Crippen molar-refractivity contribution in [2.24, 2.45) is 11.8 Å². The molecule has 100 valence electrons. The summed E-state index contributed by atoms with van der Waals surface area (Å²) in [5.74, 6) is 1.86. The molecule has 1 amide bonds. The molecule has 1 fully saturated rings. The fraction of sp³-hybridized carbons (Fsp3) is 0.929. The standard InChI is InChI=1S/C14H28N2O/c1-10(2)12-6-8-13(9-7-12)15-11(3)14(17)16(4)5/h10-13,15H,6-9H2,1-5H3. The van der Waals surface area contributed by atoms with Gasteiger partial charge in [0.25, 0.3) is 0 Å². The van der Waals surface area contributed by atoms with Crippen molar-refractivity contribution in [3.8, 4) is 0 Å². The molecular weight excluding hydrogens is 212 g/mol. The summed E-state index contributed by atoms with van der Waals surface area (Å²) >= 11 is 0. The molecule has 0 aliphatic heterocycles. The number of rotatable bonds is 4. The Morgan fingerprint density at radius 2 is 1.65 bits per heavy atom. The predicted octanol–water partition coefficient (Wildman–Crippen LogP) is 2.27. The number of likely N-dealkylation sites (N-methyl/N-ethyl adjacent to an activating group) is 1. The third-order valence-electron chi connectivity index (χ3n) is 4.01. The molecule has 0 saturated heterocycles. The van der Waals surface area contributed by atoms with Gasteiger partial charge in [-0.1, -0.05) is 13.8 Å². The Morgan fingerprint density at radius 3 is 2.06 bits per heavy atom. The number of hydrogen-bond donors (Lipinski definition) is 1. The fourth-order valence-corrected chi connectivity index (χ4v) is 2.76. The lowest BCUT2D eigenvalue weighted by atomic mass is 9.79. The molecule has 0 spiro atoms. The molecule has 3 nitrogen and oxygen atoms in total. The molecular formula is C14H28N2O. The number of carbonyl (C=O) groups is 1. The van der Waals surface area contributed by atoms with E-state index in [1.54, 1.807) is 4.90 Å². The van der Waals surface area contributed by atoms with Crippen LogP contribution in [0.25, 0.3) is 0 Å². The lowest BCUT2D eigenvalue weighted by molar-refractivity contribution is -0.130. The van der Waals surface area contributed by atoms with E-state index in [9.17, 15) is 4.79 Å². The maximum Gasteiger partial charge on any atom is 0.238 e. The molecule has 0 heterocycles. The van der Waals surface area contributed by atoms with Gasteiger partial charge in [0.05, 0.1) is 6.04 Å². The van der Waals surface area contributed by atoms with Gasteiger partial charge in [0, 0.05) is 20.1 Å².